The maximum atomic E-state index is 11.7. The average molecular weight is 225 g/mol. The number of nitrogens with zero attached hydrogens (tertiary/aromatic N) is 1. The molecule has 0 aromatic carbocycles. The van der Waals surface area contributed by atoms with Gasteiger partial charge >= 0.3 is 0 Å². The molecule has 1 atom stereocenters. The second-order valence-corrected chi connectivity index (χ2v) is 4.27. The van der Waals surface area contributed by atoms with E-state index in [-0.39, 0.29) is 17.7 Å². The van der Waals surface area contributed by atoms with Gasteiger partial charge in [-0.25, -0.2) is 4.98 Å². The van der Waals surface area contributed by atoms with Crippen molar-refractivity contribution in [3.05, 3.63) is 17.3 Å². The zero-order valence-electron chi connectivity index (χ0n) is 10.2. The lowest BCUT2D eigenvalue weighted by atomic mass is 10.1. The third-order valence-electron chi connectivity index (χ3n) is 2.46. The highest BCUT2D eigenvalue weighted by molar-refractivity contribution is 5.92. The van der Waals surface area contributed by atoms with Crippen molar-refractivity contribution < 1.29 is 9.21 Å². The monoisotopic (exact) mass is 225 g/mol. The quantitative estimate of drug-likeness (QED) is 0.801. The van der Waals surface area contributed by atoms with Crippen LogP contribution in [0.15, 0.2) is 4.42 Å². The normalized spacial score (nSPS) is 12.9. The molecule has 90 valence electrons. The van der Waals surface area contributed by atoms with Gasteiger partial charge in [-0.15, -0.1) is 0 Å². The average Bonchev–Trinajstić information content (AvgIpc) is 2.53. The first-order chi connectivity index (χ1) is 7.41. The number of aromatic nitrogens is 1. The Balaban J connectivity index is 2.56. The summed E-state index contributed by atoms with van der Waals surface area (Å²) in [5.74, 6) is 0.844. The zero-order valence-corrected chi connectivity index (χ0v) is 10.2. The highest BCUT2D eigenvalue weighted by Crippen LogP contribution is 2.08. The van der Waals surface area contributed by atoms with Gasteiger partial charge in [-0.2, -0.15) is 0 Å². The Morgan fingerprint density at radius 3 is 2.56 bits per heavy atom. The molecule has 0 aliphatic heterocycles. The summed E-state index contributed by atoms with van der Waals surface area (Å²) in [7, 11) is 0. The van der Waals surface area contributed by atoms with Gasteiger partial charge in [-0.05, 0) is 12.8 Å². The van der Waals surface area contributed by atoms with Crippen LogP contribution < -0.4 is 11.1 Å². The molecular weight excluding hydrogens is 206 g/mol. The van der Waals surface area contributed by atoms with E-state index in [0.29, 0.717) is 24.0 Å². The summed E-state index contributed by atoms with van der Waals surface area (Å²) in [4.78, 5) is 15.7. The van der Waals surface area contributed by atoms with Crippen LogP contribution in [0.3, 0.4) is 0 Å². The van der Waals surface area contributed by atoms with Gasteiger partial charge in [0.05, 0.1) is 5.69 Å². The van der Waals surface area contributed by atoms with E-state index in [0.717, 1.165) is 0 Å². The van der Waals surface area contributed by atoms with Crippen LogP contribution in [0.4, 0.5) is 0 Å². The van der Waals surface area contributed by atoms with Crippen molar-refractivity contribution in [2.75, 3.05) is 6.54 Å². The molecule has 0 saturated heterocycles. The first kappa shape index (κ1) is 12.7. The van der Waals surface area contributed by atoms with Crippen LogP contribution in [-0.4, -0.2) is 23.5 Å². The van der Waals surface area contributed by atoms with Gasteiger partial charge in [-0.1, -0.05) is 13.8 Å². The summed E-state index contributed by atoms with van der Waals surface area (Å²) in [5, 5.41) is 2.74. The molecule has 0 aliphatic rings. The van der Waals surface area contributed by atoms with E-state index in [2.05, 4.69) is 10.3 Å². The zero-order chi connectivity index (χ0) is 12.3. The number of rotatable bonds is 4. The van der Waals surface area contributed by atoms with Gasteiger partial charge in [0.1, 0.15) is 0 Å². The largest absolute Gasteiger partial charge is 0.436 e. The van der Waals surface area contributed by atoms with Gasteiger partial charge < -0.3 is 15.5 Å². The lowest BCUT2D eigenvalue weighted by Crippen LogP contribution is -2.40. The van der Waals surface area contributed by atoms with Crippen molar-refractivity contribution in [1.29, 1.82) is 0 Å². The van der Waals surface area contributed by atoms with E-state index < -0.39 is 0 Å². The van der Waals surface area contributed by atoms with E-state index in [1.165, 1.54) is 0 Å². The molecular formula is C11H19N3O2. The number of nitrogens with one attached hydrogen (secondary N) is 1. The van der Waals surface area contributed by atoms with Crippen LogP contribution >= 0.6 is 0 Å². The Morgan fingerprint density at radius 2 is 2.12 bits per heavy atom. The van der Waals surface area contributed by atoms with Gasteiger partial charge in [0.15, 0.2) is 5.89 Å². The fourth-order valence-corrected chi connectivity index (χ4v) is 1.27. The summed E-state index contributed by atoms with van der Waals surface area (Å²) >= 11 is 0. The Kier molecular flexibility index (Phi) is 4.06. The molecule has 0 spiro atoms. The van der Waals surface area contributed by atoms with E-state index >= 15 is 0 Å². The standard InChI is InChI=1S/C11H19N3O2/c1-6(2)9(12)5-13-11(15)10-7(3)14-8(4)16-10/h6,9H,5,12H2,1-4H3,(H,13,15). The third kappa shape index (κ3) is 3.06. The predicted octanol–water partition coefficient (Wildman–Crippen LogP) is 1.00. The molecule has 0 fully saturated rings. The van der Waals surface area contributed by atoms with Gasteiger partial charge in [0.2, 0.25) is 5.76 Å². The molecule has 1 unspecified atom stereocenters. The van der Waals surface area contributed by atoms with Gasteiger partial charge in [0.25, 0.3) is 5.91 Å². The molecule has 5 heteroatoms. The van der Waals surface area contributed by atoms with Crippen molar-refractivity contribution in [3.8, 4) is 0 Å². The van der Waals surface area contributed by atoms with E-state index in [9.17, 15) is 4.79 Å². The second-order valence-electron chi connectivity index (χ2n) is 4.27. The van der Waals surface area contributed by atoms with Crippen LogP contribution in [0.5, 0.6) is 0 Å². The van der Waals surface area contributed by atoms with Gasteiger partial charge in [-0.3, -0.25) is 4.79 Å². The van der Waals surface area contributed by atoms with Crippen LogP contribution in [0.2, 0.25) is 0 Å². The molecule has 0 bridgehead atoms. The lowest BCUT2D eigenvalue weighted by Gasteiger charge is -2.15. The molecule has 1 aromatic rings. The third-order valence-corrected chi connectivity index (χ3v) is 2.46. The number of hydrogen-bond acceptors (Lipinski definition) is 4. The van der Waals surface area contributed by atoms with E-state index in [1.807, 2.05) is 13.8 Å². The summed E-state index contributed by atoms with van der Waals surface area (Å²) in [6, 6.07) is -0.0479. The molecule has 16 heavy (non-hydrogen) atoms. The molecule has 1 aromatic heterocycles. The number of aryl methyl sites for hydroxylation is 2. The van der Waals surface area contributed by atoms with Crippen LogP contribution in [0.1, 0.15) is 36.0 Å². The molecule has 3 N–H and O–H groups in total. The van der Waals surface area contributed by atoms with Crippen molar-refractivity contribution >= 4 is 5.91 Å². The number of carbonyl (C=O) groups is 1. The number of amides is 1. The minimum Gasteiger partial charge on any atom is -0.436 e. The fraction of sp³-hybridized carbons (Fsp3) is 0.636. The SMILES string of the molecule is Cc1nc(C)c(C(=O)NCC(N)C(C)C)o1. The summed E-state index contributed by atoms with van der Waals surface area (Å²) in [6.45, 7) is 7.93. The smallest absolute Gasteiger partial charge is 0.289 e. The summed E-state index contributed by atoms with van der Waals surface area (Å²) in [6.07, 6.45) is 0. The van der Waals surface area contributed by atoms with E-state index in [4.69, 9.17) is 10.2 Å². The molecule has 5 nitrogen and oxygen atoms in total. The Bertz CT molecular complexity index is 371. The molecule has 1 amide bonds. The topological polar surface area (TPSA) is 81.2 Å². The highest BCUT2D eigenvalue weighted by atomic mass is 16.4. The van der Waals surface area contributed by atoms with E-state index in [1.54, 1.807) is 13.8 Å². The summed E-state index contributed by atoms with van der Waals surface area (Å²) < 4.78 is 5.20. The molecule has 1 rings (SSSR count). The maximum absolute atomic E-state index is 11.7. The lowest BCUT2D eigenvalue weighted by molar-refractivity contribution is 0.0919. The molecule has 0 saturated carbocycles. The van der Waals surface area contributed by atoms with Crippen molar-refractivity contribution in [2.24, 2.45) is 11.7 Å². The molecule has 0 radical (unpaired) electrons. The number of hydrogen-bond donors (Lipinski definition) is 2. The van der Waals surface area contributed by atoms with Crippen molar-refractivity contribution in [2.45, 2.75) is 33.7 Å². The first-order valence-corrected chi connectivity index (χ1v) is 5.39. The number of nitrogens with two attached hydrogens (primary N) is 1. The minimum atomic E-state index is -0.255. The Labute approximate surface area is 95.4 Å². The fourth-order valence-electron chi connectivity index (χ4n) is 1.27. The van der Waals surface area contributed by atoms with Crippen LogP contribution in [-0.2, 0) is 0 Å². The number of carbonyl (C=O) groups excluding carboxylic acids is 1. The van der Waals surface area contributed by atoms with Crippen LogP contribution in [0, 0.1) is 19.8 Å². The summed E-state index contributed by atoms with van der Waals surface area (Å²) in [5.41, 5.74) is 6.43. The first-order valence-electron chi connectivity index (χ1n) is 5.39. The van der Waals surface area contributed by atoms with Crippen molar-refractivity contribution in [3.63, 3.8) is 0 Å². The maximum Gasteiger partial charge on any atom is 0.289 e. The highest BCUT2D eigenvalue weighted by Gasteiger charge is 2.17. The minimum absolute atomic E-state index is 0.0479. The molecule has 1 heterocycles. The van der Waals surface area contributed by atoms with Crippen LogP contribution in [0.25, 0.3) is 0 Å². The Hall–Kier alpha value is -1.36. The van der Waals surface area contributed by atoms with Crippen molar-refractivity contribution in [1.82, 2.24) is 10.3 Å². The predicted molar refractivity (Wildman–Crippen MR) is 61.1 cm³/mol. The second kappa shape index (κ2) is 5.12. The molecule has 0 aliphatic carbocycles. The van der Waals surface area contributed by atoms with Gasteiger partial charge in [0, 0.05) is 19.5 Å². The number of oxazole rings is 1. The Morgan fingerprint density at radius 1 is 1.50 bits per heavy atom.